The highest BCUT2D eigenvalue weighted by Crippen LogP contribution is 2.32. The minimum absolute atomic E-state index is 0.390. The van der Waals surface area contributed by atoms with Crippen molar-refractivity contribution in [3.8, 4) is 6.07 Å². The summed E-state index contributed by atoms with van der Waals surface area (Å²) >= 11 is 6.09. The van der Waals surface area contributed by atoms with E-state index in [1.165, 1.54) is 25.7 Å². The van der Waals surface area contributed by atoms with Crippen LogP contribution in [0.4, 0.5) is 0 Å². The number of nitriles is 1. The Balaban J connectivity index is 2.02. The molecular weight excluding hydrogens is 282 g/mol. The summed E-state index contributed by atoms with van der Waals surface area (Å²) in [6.45, 7) is 3.32. The number of nitrogens with zero attached hydrogens (tertiary/aromatic N) is 3. The van der Waals surface area contributed by atoms with Crippen LogP contribution in [-0.4, -0.2) is 9.55 Å². The number of aromatic nitrogens is 2. The second-order valence-electron chi connectivity index (χ2n) is 6.08. The lowest BCUT2D eigenvalue weighted by atomic mass is 9.80. The summed E-state index contributed by atoms with van der Waals surface area (Å²) in [6.07, 6.45) is 5.27. The molecule has 2 atom stereocenters. The third-order valence-electron chi connectivity index (χ3n) is 4.80. The number of imidazole rings is 1. The largest absolute Gasteiger partial charge is 0.327 e. The fraction of sp³-hybridized carbons (Fsp3) is 0.529. The molecule has 2 aromatic rings. The molecule has 0 bridgehead atoms. The molecule has 2 unspecified atom stereocenters. The third-order valence-corrected chi connectivity index (χ3v) is 5.04. The summed E-state index contributed by atoms with van der Waals surface area (Å²) in [6, 6.07) is 8.03. The van der Waals surface area contributed by atoms with E-state index in [0.717, 1.165) is 29.3 Å². The highest BCUT2D eigenvalue weighted by Gasteiger charge is 2.23. The Morgan fingerprint density at radius 3 is 2.90 bits per heavy atom. The van der Waals surface area contributed by atoms with E-state index in [9.17, 15) is 5.26 Å². The predicted octanol–water partition coefficient (Wildman–Crippen LogP) is 4.47. The normalized spacial score (nSPS) is 22.3. The first-order chi connectivity index (χ1) is 10.2. The maximum atomic E-state index is 9.24. The second kappa shape index (κ2) is 6.07. The first kappa shape index (κ1) is 14.4. The van der Waals surface area contributed by atoms with Crippen LogP contribution in [0.15, 0.2) is 18.2 Å². The van der Waals surface area contributed by atoms with Gasteiger partial charge in [-0.25, -0.2) is 4.98 Å². The van der Waals surface area contributed by atoms with E-state index in [-0.39, 0.29) is 0 Å². The molecule has 1 aromatic heterocycles. The van der Waals surface area contributed by atoms with Crippen LogP contribution < -0.4 is 0 Å². The van der Waals surface area contributed by atoms with Gasteiger partial charge in [0, 0.05) is 6.54 Å². The standard InChI is InChI=1S/C17H20ClN3/c1-12-5-2-3-6-14(12)11-21-15-8-4-7-13(10-19)17(15)20-16(21)9-18/h4,7-8,12,14H,2-3,5-6,9,11H2,1H3. The van der Waals surface area contributed by atoms with Crippen molar-refractivity contribution >= 4 is 22.6 Å². The fourth-order valence-electron chi connectivity index (χ4n) is 3.49. The van der Waals surface area contributed by atoms with Crippen molar-refractivity contribution in [3.63, 3.8) is 0 Å². The first-order valence-corrected chi connectivity index (χ1v) is 8.22. The van der Waals surface area contributed by atoms with Crippen LogP contribution in [0.3, 0.4) is 0 Å². The molecule has 110 valence electrons. The van der Waals surface area contributed by atoms with Crippen molar-refractivity contribution < 1.29 is 0 Å². The molecule has 0 aliphatic heterocycles. The maximum Gasteiger partial charge on any atom is 0.124 e. The van der Waals surface area contributed by atoms with Crippen molar-refractivity contribution in [1.29, 1.82) is 5.26 Å². The molecule has 1 aliphatic rings. The molecule has 0 amide bonds. The smallest absolute Gasteiger partial charge is 0.124 e. The Morgan fingerprint density at radius 1 is 1.38 bits per heavy atom. The molecule has 3 nitrogen and oxygen atoms in total. The van der Waals surface area contributed by atoms with Crippen LogP contribution >= 0.6 is 11.6 Å². The summed E-state index contributed by atoms with van der Waals surface area (Å²) in [4.78, 5) is 4.60. The maximum absolute atomic E-state index is 9.24. The molecule has 0 N–H and O–H groups in total. The van der Waals surface area contributed by atoms with Gasteiger partial charge in [-0.15, -0.1) is 11.6 Å². The van der Waals surface area contributed by atoms with Crippen molar-refractivity contribution in [2.75, 3.05) is 0 Å². The van der Waals surface area contributed by atoms with Crippen LogP contribution in [0.1, 0.15) is 44.0 Å². The Morgan fingerprint density at radius 2 is 2.19 bits per heavy atom. The Bertz CT molecular complexity index is 683. The lowest BCUT2D eigenvalue weighted by Gasteiger charge is -2.29. The number of hydrogen-bond donors (Lipinski definition) is 0. The Kier molecular flexibility index (Phi) is 4.17. The van der Waals surface area contributed by atoms with Crippen LogP contribution in [0, 0.1) is 23.2 Å². The van der Waals surface area contributed by atoms with Gasteiger partial charge in [-0.1, -0.05) is 32.3 Å². The number of hydrogen-bond acceptors (Lipinski definition) is 2. The zero-order valence-electron chi connectivity index (χ0n) is 12.3. The van der Waals surface area contributed by atoms with Crippen LogP contribution in [0.2, 0.25) is 0 Å². The van der Waals surface area contributed by atoms with Crippen LogP contribution in [0.25, 0.3) is 11.0 Å². The van der Waals surface area contributed by atoms with Gasteiger partial charge < -0.3 is 4.57 Å². The van der Waals surface area contributed by atoms with Gasteiger partial charge in [-0.2, -0.15) is 5.26 Å². The number of halogens is 1. The quantitative estimate of drug-likeness (QED) is 0.785. The number of alkyl halides is 1. The molecular formula is C17H20ClN3. The van der Waals surface area contributed by atoms with Crippen LogP contribution in [0.5, 0.6) is 0 Å². The summed E-state index contributed by atoms with van der Waals surface area (Å²) in [7, 11) is 0. The van der Waals surface area contributed by atoms with Gasteiger partial charge in [0.25, 0.3) is 0 Å². The molecule has 21 heavy (non-hydrogen) atoms. The van der Waals surface area contributed by atoms with Crippen molar-refractivity contribution in [2.24, 2.45) is 11.8 Å². The molecule has 1 aromatic carbocycles. The number of benzene rings is 1. The van der Waals surface area contributed by atoms with E-state index in [0.29, 0.717) is 17.4 Å². The van der Waals surface area contributed by atoms with Crippen molar-refractivity contribution in [1.82, 2.24) is 9.55 Å². The van der Waals surface area contributed by atoms with Gasteiger partial charge in [0.15, 0.2) is 0 Å². The fourth-order valence-corrected chi connectivity index (χ4v) is 3.69. The predicted molar refractivity (Wildman–Crippen MR) is 85.1 cm³/mol. The van der Waals surface area contributed by atoms with Gasteiger partial charge in [0.05, 0.1) is 17.0 Å². The lowest BCUT2D eigenvalue weighted by molar-refractivity contribution is 0.229. The average molecular weight is 302 g/mol. The number of para-hydroxylation sites is 1. The highest BCUT2D eigenvalue weighted by atomic mass is 35.5. The summed E-state index contributed by atoms with van der Waals surface area (Å²) in [5.74, 6) is 2.70. The van der Waals surface area contributed by atoms with Gasteiger partial charge in [0.2, 0.25) is 0 Å². The molecule has 1 saturated carbocycles. The topological polar surface area (TPSA) is 41.6 Å². The van der Waals surface area contributed by atoms with E-state index in [4.69, 9.17) is 11.6 Å². The van der Waals surface area contributed by atoms with Crippen LogP contribution in [-0.2, 0) is 12.4 Å². The molecule has 3 rings (SSSR count). The molecule has 0 spiro atoms. The van der Waals surface area contributed by atoms with E-state index in [1.807, 2.05) is 18.2 Å². The van der Waals surface area contributed by atoms with Gasteiger partial charge in [-0.3, -0.25) is 0 Å². The number of fused-ring (bicyclic) bond motifs is 1. The third kappa shape index (κ3) is 2.65. The average Bonchev–Trinajstić information content (AvgIpc) is 2.87. The first-order valence-electron chi connectivity index (χ1n) is 7.68. The van der Waals surface area contributed by atoms with E-state index >= 15 is 0 Å². The SMILES string of the molecule is CC1CCCCC1Cn1c(CCl)nc2c(C#N)cccc21. The van der Waals surface area contributed by atoms with Gasteiger partial charge in [-0.05, 0) is 30.4 Å². The summed E-state index contributed by atoms with van der Waals surface area (Å²) < 4.78 is 2.23. The Hall–Kier alpha value is -1.53. The molecule has 0 saturated heterocycles. The summed E-state index contributed by atoms with van der Waals surface area (Å²) in [5.41, 5.74) is 2.47. The second-order valence-corrected chi connectivity index (χ2v) is 6.35. The lowest BCUT2D eigenvalue weighted by Crippen LogP contribution is -2.22. The van der Waals surface area contributed by atoms with Crippen molar-refractivity contribution in [3.05, 3.63) is 29.6 Å². The Labute approximate surface area is 130 Å². The zero-order valence-corrected chi connectivity index (χ0v) is 13.1. The zero-order chi connectivity index (χ0) is 14.8. The van der Waals surface area contributed by atoms with Gasteiger partial charge >= 0.3 is 0 Å². The molecule has 0 radical (unpaired) electrons. The van der Waals surface area contributed by atoms with Crippen molar-refractivity contribution in [2.45, 2.75) is 45.0 Å². The summed E-state index contributed by atoms with van der Waals surface area (Å²) in [5, 5.41) is 9.24. The van der Waals surface area contributed by atoms with E-state index < -0.39 is 0 Å². The molecule has 1 fully saturated rings. The minimum atomic E-state index is 0.390. The van der Waals surface area contributed by atoms with E-state index in [2.05, 4.69) is 22.5 Å². The van der Waals surface area contributed by atoms with Gasteiger partial charge in [0.1, 0.15) is 17.4 Å². The molecule has 1 aliphatic carbocycles. The molecule has 4 heteroatoms. The highest BCUT2D eigenvalue weighted by molar-refractivity contribution is 6.16. The van der Waals surface area contributed by atoms with E-state index in [1.54, 1.807) is 0 Å². The number of rotatable bonds is 3. The monoisotopic (exact) mass is 301 g/mol. The molecule has 1 heterocycles. The minimum Gasteiger partial charge on any atom is -0.327 e.